The van der Waals surface area contributed by atoms with Crippen LogP contribution in [0.2, 0.25) is 5.02 Å². The number of fused-ring (bicyclic) bond motifs is 2. The Balaban J connectivity index is 1.31. The largest absolute Gasteiger partial charge is 0.478 e. The minimum Gasteiger partial charge on any atom is -0.478 e. The van der Waals surface area contributed by atoms with E-state index in [9.17, 15) is 9.59 Å². The molecule has 0 bridgehead atoms. The Labute approximate surface area is 215 Å². The van der Waals surface area contributed by atoms with E-state index in [0.717, 1.165) is 23.5 Å². The van der Waals surface area contributed by atoms with Crippen molar-refractivity contribution in [1.29, 1.82) is 0 Å². The molecule has 1 N–H and O–H groups in total. The van der Waals surface area contributed by atoms with Crippen LogP contribution in [0.3, 0.4) is 0 Å². The molecule has 36 heavy (non-hydrogen) atoms. The lowest BCUT2D eigenvalue weighted by atomic mass is 10.1. The maximum atomic E-state index is 13.6. The molecular weight excluding hydrogens is 474 g/mol. The van der Waals surface area contributed by atoms with Gasteiger partial charge in [0.25, 0.3) is 11.8 Å². The van der Waals surface area contributed by atoms with Crippen LogP contribution >= 0.6 is 11.6 Å². The van der Waals surface area contributed by atoms with Crippen molar-refractivity contribution in [3.8, 4) is 5.75 Å². The molecule has 0 aliphatic carbocycles. The molecule has 0 saturated carbocycles. The van der Waals surface area contributed by atoms with E-state index < -0.39 is 5.60 Å². The van der Waals surface area contributed by atoms with Crippen LogP contribution in [0.4, 0.5) is 11.4 Å². The molecule has 2 amide bonds. The van der Waals surface area contributed by atoms with Gasteiger partial charge in [0.05, 0.1) is 6.54 Å². The molecule has 6 nitrogen and oxygen atoms in total. The number of anilines is 2. The van der Waals surface area contributed by atoms with E-state index in [1.54, 1.807) is 62.4 Å². The van der Waals surface area contributed by atoms with E-state index in [1.165, 1.54) is 0 Å². The molecule has 5 rings (SSSR count). The van der Waals surface area contributed by atoms with E-state index in [0.29, 0.717) is 28.6 Å². The van der Waals surface area contributed by atoms with Crippen LogP contribution in [-0.4, -0.2) is 22.0 Å². The molecule has 1 aromatic heterocycles. The molecule has 7 heteroatoms. The maximum Gasteiger partial charge on any atom is 0.267 e. The molecule has 0 unspecified atom stereocenters. The highest BCUT2D eigenvalue weighted by atomic mass is 35.5. The van der Waals surface area contributed by atoms with Crippen LogP contribution in [0.5, 0.6) is 5.75 Å². The summed E-state index contributed by atoms with van der Waals surface area (Å²) >= 11 is 5.92. The van der Waals surface area contributed by atoms with Crippen molar-refractivity contribution in [3.05, 3.63) is 113 Å². The third-order valence-corrected chi connectivity index (χ3v) is 6.49. The predicted octanol–water partition coefficient (Wildman–Crippen LogP) is 6.15. The summed E-state index contributed by atoms with van der Waals surface area (Å²) in [6, 6.07) is 25.8. The number of hydrogen-bond donors (Lipinski definition) is 1. The van der Waals surface area contributed by atoms with E-state index in [2.05, 4.69) is 16.0 Å². The smallest absolute Gasteiger partial charge is 0.267 e. The summed E-state index contributed by atoms with van der Waals surface area (Å²) in [6.45, 7) is 4.60. The topological polar surface area (TPSA) is 63.6 Å². The first-order valence-electron chi connectivity index (χ1n) is 11.7. The van der Waals surface area contributed by atoms with Crippen molar-refractivity contribution in [3.63, 3.8) is 0 Å². The molecule has 0 fully saturated rings. The highest BCUT2D eigenvalue weighted by molar-refractivity contribution is 6.30. The lowest BCUT2D eigenvalue weighted by Crippen LogP contribution is -2.42. The Kier molecular flexibility index (Phi) is 6.29. The standard InChI is InChI=1S/C29H26ClN3O3/c1-29(2,36-25-15-11-22(30)12-16-25)28(35)31-23-13-9-20(10-14-23)27(34)33-19-24-7-5-17-32(24)18-21-6-3-4-8-26(21)33/h3-17H,18-19H2,1-2H3,(H,31,35). The zero-order valence-corrected chi connectivity index (χ0v) is 20.8. The molecule has 0 radical (unpaired) electrons. The summed E-state index contributed by atoms with van der Waals surface area (Å²) in [5.74, 6) is 0.143. The molecule has 0 atom stereocenters. The number of halogens is 1. The normalized spacial score (nSPS) is 12.8. The van der Waals surface area contributed by atoms with Crippen LogP contribution in [0, 0.1) is 0 Å². The lowest BCUT2D eigenvalue weighted by molar-refractivity contribution is -0.128. The quantitative estimate of drug-likeness (QED) is 0.358. The van der Waals surface area contributed by atoms with Crippen molar-refractivity contribution < 1.29 is 14.3 Å². The SMILES string of the molecule is CC(C)(Oc1ccc(Cl)cc1)C(=O)Nc1ccc(C(=O)N2Cc3cccn3Cc3ccccc32)cc1. The minimum absolute atomic E-state index is 0.0959. The summed E-state index contributed by atoms with van der Waals surface area (Å²) in [7, 11) is 0. The van der Waals surface area contributed by atoms with Gasteiger partial charge < -0.3 is 19.5 Å². The van der Waals surface area contributed by atoms with Gasteiger partial charge >= 0.3 is 0 Å². The van der Waals surface area contributed by atoms with E-state index in [-0.39, 0.29) is 11.8 Å². The third kappa shape index (κ3) is 4.86. The van der Waals surface area contributed by atoms with Gasteiger partial charge in [0.15, 0.2) is 5.60 Å². The van der Waals surface area contributed by atoms with Gasteiger partial charge in [0.1, 0.15) is 5.75 Å². The van der Waals surface area contributed by atoms with Crippen LogP contribution < -0.4 is 15.0 Å². The monoisotopic (exact) mass is 499 g/mol. The fourth-order valence-corrected chi connectivity index (χ4v) is 4.37. The first-order valence-corrected chi connectivity index (χ1v) is 12.1. The van der Waals surface area contributed by atoms with Gasteiger partial charge in [-0.1, -0.05) is 29.8 Å². The fraction of sp³-hybridized carbons (Fsp3) is 0.172. The van der Waals surface area contributed by atoms with Crippen LogP contribution in [-0.2, 0) is 17.9 Å². The van der Waals surface area contributed by atoms with Gasteiger partial charge in [-0.25, -0.2) is 0 Å². The molecule has 3 aromatic carbocycles. The summed E-state index contributed by atoms with van der Waals surface area (Å²) in [5, 5.41) is 3.47. The second kappa shape index (κ2) is 9.55. The van der Waals surface area contributed by atoms with Crippen molar-refractivity contribution in [1.82, 2.24) is 4.57 Å². The molecule has 0 spiro atoms. The number of ether oxygens (including phenoxy) is 1. The number of nitrogens with zero attached hydrogens (tertiary/aromatic N) is 2. The first kappa shape index (κ1) is 23.7. The fourth-order valence-electron chi connectivity index (χ4n) is 4.24. The van der Waals surface area contributed by atoms with E-state index >= 15 is 0 Å². The Morgan fingerprint density at radius 3 is 2.36 bits per heavy atom. The van der Waals surface area contributed by atoms with Crippen molar-refractivity contribution in [2.45, 2.75) is 32.5 Å². The van der Waals surface area contributed by atoms with Crippen molar-refractivity contribution in [2.75, 3.05) is 10.2 Å². The van der Waals surface area contributed by atoms with Crippen LogP contribution in [0.1, 0.15) is 35.5 Å². The molecule has 4 aromatic rings. The maximum absolute atomic E-state index is 13.6. The van der Waals surface area contributed by atoms with Gasteiger partial charge in [-0.05, 0) is 86.1 Å². The lowest BCUT2D eigenvalue weighted by Gasteiger charge is -2.25. The number of rotatable bonds is 5. The predicted molar refractivity (Wildman–Crippen MR) is 142 cm³/mol. The molecule has 182 valence electrons. The summed E-state index contributed by atoms with van der Waals surface area (Å²) in [5.41, 5.74) is 3.07. The number of carbonyl (C=O) groups excluding carboxylic acids is 2. The van der Waals surface area contributed by atoms with Gasteiger partial charge in [0.2, 0.25) is 0 Å². The second-order valence-corrected chi connectivity index (χ2v) is 9.68. The number of para-hydroxylation sites is 1. The van der Waals surface area contributed by atoms with Crippen molar-refractivity contribution in [2.24, 2.45) is 0 Å². The number of amides is 2. The number of benzene rings is 3. The zero-order valence-electron chi connectivity index (χ0n) is 20.1. The summed E-state index contributed by atoms with van der Waals surface area (Å²) < 4.78 is 8.03. The average molecular weight is 500 g/mol. The Hall–Kier alpha value is -4.03. The van der Waals surface area contributed by atoms with Gasteiger partial charge in [-0.3, -0.25) is 9.59 Å². The number of carbonyl (C=O) groups is 2. The molecule has 1 aliphatic rings. The Morgan fingerprint density at radius 2 is 1.61 bits per heavy atom. The molecule has 2 heterocycles. The number of hydrogen-bond acceptors (Lipinski definition) is 3. The summed E-state index contributed by atoms with van der Waals surface area (Å²) in [6.07, 6.45) is 2.04. The van der Waals surface area contributed by atoms with E-state index in [4.69, 9.17) is 16.3 Å². The van der Waals surface area contributed by atoms with Crippen LogP contribution in [0.25, 0.3) is 0 Å². The average Bonchev–Trinajstić information content (AvgIpc) is 3.24. The highest BCUT2D eigenvalue weighted by Gasteiger charge is 2.30. The highest BCUT2D eigenvalue weighted by Crippen LogP contribution is 2.29. The van der Waals surface area contributed by atoms with Crippen molar-refractivity contribution >= 4 is 34.8 Å². The zero-order chi connectivity index (χ0) is 25.3. The molecule has 1 aliphatic heterocycles. The third-order valence-electron chi connectivity index (χ3n) is 6.24. The minimum atomic E-state index is -1.12. The second-order valence-electron chi connectivity index (χ2n) is 9.25. The molecule has 0 saturated heterocycles. The van der Waals surface area contributed by atoms with Gasteiger partial charge in [-0.15, -0.1) is 0 Å². The Bertz CT molecular complexity index is 1410. The van der Waals surface area contributed by atoms with Gasteiger partial charge in [-0.2, -0.15) is 0 Å². The summed E-state index contributed by atoms with van der Waals surface area (Å²) in [4.78, 5) is 28.3. The first-order chi connectivity index (χ1) is 17.3. The Morgan fingerprint density at radius 1 is 0.889 bits per heavy atom. The van der Waals surface area contributed by atoms with E-state index in [1.807, 2.05) is 41.4 Å². The molecular formula is C29H26ClN3O3. The number of nitrogens with one attached hydrogen (secondary N) is 1. The van der Waals surface area contributed by atoms with Gasteiger partial charge in [0, 0.05) is 40.4 Å². The number of aromatic nitrogens is 1. The van der Waals surface area contributed by atoms with Crippen LogP contribution in [0.15, 0.2) is 91.1 Å².